The van der Waals surface area contributed by atoms with E-state index in [1.807, 2.05) is 6.92 Å². The minimum Gasteiger partial charge on any atom is -0.392 e. The second-order valence-electron chi connectivity index (χ2n) is 5.51. The van der Waals surface area contributed by atoms with Crippen molar-refractivity contribution >= 4 is 10.0 Å². The van der Waals surface area contributed by atoms with Gasteiger partial charge in [-0.05, 0) is 43.9 Å². The number of sulfonamides is 1. The molecule has 6 heteroatoms. The van der Waals surface area contributed by atoms with Gasteiger partial charge in [0.05, 0.1) is 17.0 Å². The van der Waals surface area contributed by atoms with E-state index >= 15 is 0 Å². The van der Waals surface area contributed by atoms with Gasteiger partial charge in [0, 0.05) is 6.54 Å². The number of aliphatic hydroxyl groups is 1. The van der Waals surface area contributed by atoms with Crippen molar-refractivity contribution in [1.29, 1.82) is 0 Å². The second kappa shape index (κ2) is 5.79. The first-order valence-electron chi connectivity index (χ1n) is 6.78. The smallest absolute Gasteiger partial charge is 0.243 e. The largest absolute Gasteiger partial charge is 0.392 e. The summed E-state index contributed by atoms with van der Waals surface area (Å²) in [5, 5.41) is 9.85. The summed E-state index contributed by atoms with van der Waals surface area (Å²) < 4.78 is 39.8. The first-order valence-corrected chi connectivity index (χ1v) is 8.22. The van der Waals surface area contributed by atoms with E-state index in [-0.39, 0.29) is 4.90 Å². The molecule has 3 atom stereocenters. The molecule has 2 rings (SSSR count). The van der Waals surface area contributed by atoms with Crippen LogP contribution in [0.1, 0.15) is 26.7 Å². The molecular formula is C14H20FNO3S. The highest BCUT2D eigenvalue weighted by molar-refractivity contribution is 7.89. The summed E-state index contributed by atoms with van der Waals surface area (Å²) in [5.74, 6) is -0.210. The molecule has 0 amide bonds. The molecule has 0 aromatic heterocycles. The van der Waals surface area contributed by atoms with Gasteiger partial charge in [0.2, 0.25) is 10.0 Å². The van der Waals surface area contributed by atoms with Crippen molar-refractivity contribution in [2.24, 2.45) is 5.92 Å². The second-order valence-corrected chi connectivity index (χ2v) is 7.40. The number of halogens is 1. The fourth-order valence-electron chi connectivity index (χ4n) is 2.66. The van der Waals surface area contributed by atoms with Gasteiger partial charge >= 0.3 is 0 Å². The molecule has 0 spiro atoms. The molecule has 20 heavy (non-hydrogen) atoms. The van der Waals surface area contributed by atoms with Crippen LogP contribution in [-0.4, -0.2) is 36.5 Å². The molecule has 4 nitrogen and oxygen atoms in total. The maximum Gasteiger partial charge on any atom is 0.243 e. The number of nitrogens with zero attached hydrogens (tertiary/aromatic N) is 1. The molecule has 1 saturated heterocycles. The van der Waals surface area contributed by atoms with Crippen LogP contribution in [0.25, 0.3) is 0 Å². The van der Waals surface area contributed by atoms with Crippen LogP contribution in [0.2, 0.25) is 0 Å². The zero-order chi connectivity index (χ0) is 14.9. The maximum absolute atomic E-state index is 13.3. The van der Waals surface area contributed by atoms with Crippen molar-refractivity contribution in [3.05, 3.63) is 30.1 Å². The van der Waals surface area contributed by atoms with Crippen LogP contribution in [0.3, 0.4) is 0 Å². The Hall–Kier alpha value is -0.980. The van der Waals surface area contributed by atoms with E-state index in [2.05, 4.69) is 0 Å². The van der Waals surface area contributed by atoms with Gasteiger partial charge in [0.1, 0.15) is 5.82 Å². The number of hydrogen-bond donors (Lipinski definition) is 1. The molecule has 1 N–H and O–H groups in total. The average molecular weight is 301 g/mol. The Morgan fingerprint density at radius 3 is 2.75 bits per heavy atom. The van der Waals surface area contributed by atoms with Crippen LogP contribution in [0, 0.1) is 11.7 Å². The van der Waals surface area contributed by atoms with Crippen LogP contribution in [0.4, 0.5) is 4.39 Å². The summed E-state index contributed by atoms with van der Waals surface area (Å²) in [7, 11) is -3.77. The van der Waals surface area contributed by atoms with E-state index in [1.54, 1.807) is 6.92 Å². The first kappa shape index (κ1) is 15.4. The fraction of sp³-hybridized carbons (Fsp3) is 0.571. The predicted octanol–water partition coefficient (Wildman–Crippen LogP) is 2.00. The van der Waals surface area contributed by atoms with Gasteiger partial charge in [-0.15, -0.1) is 0 Å². The third-order valence-electron chi connectivity index (χ3n) is 3.82. The fourth-order valence-corrected chi connectivity index (χ4v) is 4.41. The lowest BCUT2D eigenvalue weighted by molar-refractivity contribution is 0.0676. The Kier molecular flexibility index (Phi) is 4.46. The Bertz CT molecular complexity index is 574. The van der Waals surface area contributed by atoms with E-state index in [9.17, 15) is 17.9 Å². The summed E-state index contributed by atoms with van der Waals surface area (Å²) in [5.41, 5.74) is 0. The zero-order valence-corrected chi connectivity index (χ0v) is 12.5. The molecule has 0 saturated carbocycles. The Morgan fingerprint density at radius 2 is 2.15 bits per heavy atom. The number of piperidine rings is 1. The van der Waals surface area contributed by atoms with Gasteiger partial charge in [-0.1, -0.05) is 13.0 Å². The molecule has 1 heterocycles. The molecule has 1 aromatic rings. The van der Waals surface area contributed by atoms with E-state index in [0.717, 1.165) is 12.5 Å². The van der Waals surface area contributed by atoms with Crippen molar-refractivity contribution in [3.8, 4) is 0 Å². The Balaban J connectivity index is 2.37. The third kappa shape index (κ3) is 3.02. The predicted molar refractivity (Wildman–Crippen MR) is 74.2 cm³/mol. The Morgan fingerprint density at radius 1 is 1.45 bits per heavy atom. The van der Waals surface area contributed by atoms with Gasteiger partial charge < -0.3 is 5.11 Å². The lowest BCUT2D eigenvalue weighted by atomic mass is 9.92. The van der Waals surface area contributed by atoms with Gasteiger partial charge in [-0.25, -0.2) is 12.8 Å². The van der Waals surface area contributed by atoms with Crippen LogP contribution in [0.5, 0.6) is 0 Å². The molecule has 1 fully saturated rings. The Labute approximate surface area is 119 Å². The highest BCUT2D eigenvalue weighted by atomic mass is 32.2. The lowest BCUT2D eigenvalue weighted by Gasteiger charge is -2.39. The van der Waals surface area contributed by atoms with Crippen LogP contribution in [0.15, 0.2) is 29.2 Å². The van der Waals surface area contributed by atoms with Gasteiger partial charge in [0.15, 0.2) is 0 Å². The van der Waals surface area contributed by atoms with Crippen LogP contribution >= 0.6 is 0 Å². The van der Waals surface area contributed by atoms with Crippen molar-refractivity contribution in [3.63, 3.8) is 0 Å². The minimum absolute atomic E-state index is 0.0577. The quantitative estimate of drug-likeness (QED) is 0.929. The summed E-state index contributed by atoms with van der Waals surface area (Å²) in [6, 6.07) is 4.55. The monoisotopic (exact) mass is 301 g/mol. The molecular weight excluding hydrogens is 281 g/mol. The molecule has 0 aliphatic carbocycles. The molecule has 1 aliphatic rings. The number of hydrogen-bond acceptors (Lipinski definition) is 3. The molecule has 1 aliphatic heterocycles. The first-order chi connectivity index (χ1) is 9.32. The van der Waals surface area contributed by atoms with Crippen molar-refractivity contribution < 1.29 is 17.9 Å². The van der Waals surface area contributed by atoms with Gasteiger partial charge in [0.25, 0.3) is 0 Å². The summed E-state index contributed by atoms with van der Waals surface area (Å²) in [6.45, 7) is 3.99. The van der Waals surface area contributed by atoms with Crippen molar-refractivity contribution in [2.75, 3.05) is 6.54 Å². The van der Waals surface area contributed by atoms with Crippen LogP contribution < -0.4 is 0 Å². The van der Waals surface area contributed by atoms with Gasteiger partial charge in [-0.3, -0.25) is 0 Å². The number of rotatable bonds is 3. The highest BCUT2D eigenvalue weighted by Crippen LogP contribution is 2.30. The molecule has 0 radical (unpaired) electrons. The molecule has 1 aromatic carbocycles. The topological polar surface area (TPSA) is 57.6 Å². The average Bonchev–Trinajstić information content (AvgIpc) is 2.38. The SMILES string of the molecule is C[C@@H]1CCN(S(=O)(=O)c2cccc(F)c2)[C@H]([C@H](C)O)C1. The zero-order valence-electron chi connectivity index (χ0n) is 11.7. The van der Waals surface area contributed by atoms with Crippen LogP contribution in [-0.2, 0) is 10.0 Å². The maximum atomic E-state index is 13.3. The third-order valence-corrected chi connectivity index (χ3v) is 5.74. The van der Waals surface area contributed by atoms with E-state index < -0.39 is 28.0 Å². The van der Waals surface area contributed by atoms with Gasteiger partial charge in [-0.2, -0.15) is 4.31 Å². The van der Waals surface area contributed by atoms with E-state index in [0.29, 0.717) is 18.9 Å². The molecule has 0 bridgehead atoms. The van der Waals surface area contributed by atoms with E-state index in [1.165, 1.54) is 22.5 Å². The van der Waals surface area contributed by atoms with E-state index in [4.69, 9.17) is 0 Å². The van der Waals surface area contributed by atoms with Crippen molar-refractivity contribution in [1.82, 2.24) is 4.31 Å². The van der Waals surface area contributed by atoms with Crippen molar-refractivity contribution in [2.45, 2.75) is 43.7 Å². The summed E-state index contributed by atoms with van der Waals surface area (Å²) in [4.78, 5) is -0.0577. The summed E-state index contributed by atoms with van der Waals surface area (Å²) in [6.07, 6.45) is 0.616. The minimum atomic E-state index is -3.77. The number of aliphatic hydroxyl groups excluding tert-OH is 1. The standard InChI is InChI=1S/C14H20FNO3S/c1-10-6-7-16(14(8-10)11(2)17)20(18,19)13-5-3-4-12(15)9-13/h3-5,9-11,14,17H,6-8H2,1-2H3/t10-,11+,14+/m1/s1. The summed E-state index contributed by atoms with van der Waals surface area (Å²) >= 11 is 0. The molecule has 0 unspecified atom stereocenters. The highest BCUT2D eigenvalue weighted by Gasteiger charge is 2.38. The normalized spacial score (nSPS) is 26.4. The lowest BCUT2D eigenvalue weighted by Crippen LogP contribution is -2.50. The number of benzene rings is 1. The molecule has 112 valence electrons.